The van der Waals surface area contributed by atoms with Gasteiger partial charge in [-0.05, 0) is 85.0 Å². The molecule has 3 aromatic carbocycles. The fourth-order valence-electron chi connectivity index (χ4n) is 5.43. The van der Waals surface area contributed by atoms with Crippen molar-refractivity contribution >= 4 is 11.8 Å². The number of benzene rings is 3. The van der Waals surface area contributed by atoms with E-state index in [1.54, 1.807) is 17.8 Å². The van der Waals surface area contributed by atoms with E-state index in [4.69, 9.17) is 9.47 Å². The van der Waals surface area contributed by atoms with Crippen LogP contribution in [0.15, 0.2) is 66.7 Å². The Morgan fingerprint density at radius 1 is 1.05 bits per heavy atom. The molecule has 4 heterocycles. The van der Waals surface area contributed by atoms with Crippen LogP contribution in [0, 0.1) is 6.92 Å². The number of nitrogens with one attached hydrogen (secondary N) is 1. The van der Waals surface area contributed by atoms with E-state index in [2.05, 4.69) is 10.4 Å². The molecular formula is C31H30N4O5. The number of phenols is 1. The van der Waals surface area contributed by atoms with E-state index in [-0.39, 0.29) is 29.2 Å². The molecule has 2 N–H and O–H groups in total. The van der Waals surface area contributed by atoms with Crippen molar-refractivity contribution in [1.82, 2.24) is 20.0 Å². The third kappa shape index (κ3) is 4.86. The molecule has 1 unspecified atom stereocenters. The summed E-state index contributed by atoms with van der Waals surface area (Å²) in [6.07, 6.45) is 1.22. The molecule has 4 aromatic rings. The largest absolute Gasteiger partial charge is 0.507 e. The first-order valence-electron chi connectivity index (χ1n) is 13.3. The van der Waals surface area contributed by atoms with Gasteiger partial charge in [-0.1, -0.05) is 18.2 Å². The minimum absolute atomic E-state index is 0.0834. The van der Waals surface area contributed by atoms with Gasteiger partial charge in [-0.2, -0.15) is 5.10 Å². The molecule has 1 aromatic heterocycles. The van der Waals surface area contributed by atoms with Gasteiger partial charge in [0.05, 0.1) is 23.9 Å². The summed E-state index contributed by atoms with van der Waals surface area (Å²) >= 11 is 0. The van der Waals surface area contributed by atoms with E-state index >= 15 is 0 Å². The van der Waals surface area contributed by atoms with Gasteiger partial charge in [-0.3, -0.25) is 14.3 Å². The van der Waals surface area contributed by atoms with Crippen molar-refractivity contribution in [1.29, 1.82) is 0 Å². The molecule has 7 rings (SSSR count). The Morgan fingerprint density at radius 3 is 2.70 bits per heavy atom. The van der Waals surface area contributed by atoms with Crippen LogP contribution in [-0.2, 0) is 13.5 Å². The van der Waals surface area contributed by atoms with Crippen molar-refractivity contribution in [3.63, 3.8) is 0 Å². The van der Waals surface area contributed by atoms with Crippen LogP contribution in [0.1, 0.15) is 55.7 Å². The number of nitrogens with zero attached hydrogens (tertiary/aromatic N) is 3. The zero-order valence-corrected chi connectivity index (χ0v) is 22.4. The molecule has 9 heteroatoms. The van der Waals surface area contributed by atoms with Crippen LogP contribution in [0.25, 0.3) is 0 Å². The van der Waals surface area contributed by atoms with Gasteiger partial charge < -0.3 is 24.8 Å². The van der Waals surface area contributed by atoms with Gasteiger partial charge in [0.1, 0.15) is 28.7 Å². The van der Waals surface area contributed by atoms with Crippen LogP contribution < -0.4 is 14.8 Å². The number of fused-ring (bicyclic) bond motifs is 6. The number of rotatable bonds is 1. The average Bonchev–Trinajstić information content (AvgIpc) is 3.29. The predicted octanol–water partition coefficient (Wildman–Crippen LogP) is 4.53. The molecular weight excluding hydrogens is 508 g/mol. The first-order chi connectivity index (χ1) is 19.4. The number of aromatic hydroxyl groups is 1. The Labute approximate surface area is 232 Å². The lowest BCUT2D eigenvalue weighted by molar-refractivity contribution is 0.0682. The predicted molar refractivity (Wildman–Crippen MR) is 148 cm³/mol. The average molecular weight is 539 g/mol. The number of aryl methyl sites for hydroxylation is 2. The van der Waals surface area contributed by atoms with E-state index in [1.165, 1.54) is 12.1 Å². The van der Waals surface area contributed by atoms with Crippen LogP contribution >= 0.6 is 0 Å². The van der Waals surface area contributed by atoms with Crippen LogP contribution in [0.2, 0.25) is 0 Å². The monoisotopic (exact) mass is 538 g/mol. The minimum atomic E-state index is -0.382. The third-order valence-corrected chi connectivity index (χ3v) is 7.32. The van der Waals surface area contributed by atoms with Crippen molar-refractivity contribution in [2.24, 2.45) is 7.05 Å². The summed E-state index contributed by atoms with van der Waals surface area (Å²) in [5.41, 5.74) is 4.49. The van der Waals surface area contributed by atoms with E-state index < -0.39 is 0 Å². The summed E-state index contributed by atoms with van der Waals surface area (Å²) in [4.78, 5) is 28.5. The fourth-order valence-corrected chi connectivity index (χ4v) is 5.43. The first-order valence-corrected chi connectivity index (χ1v) is 13.3. The quantitative estimate of drug-likeness (QED) is 0.369. The van der Waals surface area contributed by atoms with Crippen molar-refractivity contribution in [2.45, 2.75) is 25.8 Å². The number of carbonyl (C=O) groups excluding carboxylic acids is 2. The zero-order valence-electron chi connectivity index (χ0n) is 22.4. The molecule has 3 aliphatic heterocycles. The summed E-state index contributed by atoms with van der Waals surface area (Å²) in [7, 11) is 1.79. The molecule has 0 spiro atoms. The topological polar surface area (TPSA) is 106 Å². The molecule has 1 atom stereocenters. The Kier molecular flexibility index (Phi) is 6.63. The van der Waals surface area contributed by atoms with Gasteiger partial charge in [-0.15, -0.1) is 0 Å². The molecule has 3 aliphatic rings. The van der Waals surface area contributed by atoms with E-state index in [0.29, 0.717) is 55.5 Å². The minimum Gasteiger partial charge on any atom is -0.507 e. The molecule has 0 aliphatic carbocycles. The number of amides is 2. The van der Waals surface area contributed by atoms with Gasteiger partial charge in [-0.25, -0.2) is 0 Å². The Balaban J connectivity index is 1.44. The van der Waals surface area contributed by atoms with Gasteiger partial charge in [0.15, 0.2) is 0 Å². The smallest absolute Gasteiger partial charge is 0.272 e. The first kappa shape index (κ1) is 25.5. The summed E-state index contributed by atoms with van der Waals surface area (Å²) in [6, 6.07) is 19.8. The summed E-state index contributed by atoms with van der Waals surface area (Å²) in [5, 5.41) is 17.5. The number of carbonyl (C=O) groups is 2. The lowest BCUT2D eigenvalue weighted by Gasteiger charge is -2.38. The van der Waals surface area contributed by atoms with Crippen molar-refractivity contribution in [2.75, 3.05) is 19.7 Å². The van der Waals surface area contributed by atoms with Crippen molar-refractivity contribution in [3.8, 4) is 23.0 Å². The van der Waals surface area contributed by atoms with Gasteiger partial charge in [0.25, 0.3) is 11.8 Å². The highest BCUT2D eigenvalue weighted by Crippen LogP contribution is 2.39. The van der Waals surface area contributed by atoms with Crippen LogP contribution in [-0.4, -0.2) is 51.3 Å². The number of hydrogen-bond donors (Lipinski definition) is 2. The molecule has 204 valence electrons. The Morgan fingerprint density at radius 2 is 1.88 bits per heavy atom. The molecule has 0 fully saturated rings. The fraction of sp³-hybridized carbons (Fsp3) is 0.258. The maximum Gasteiger partial charge on any atom is 0.272 e. The second kappa shape index (κ2) is 10.4. The van der Waals surface area contributed by atoms with E-state index in [1.807, 2.05) is 60.4 Å². The van der Waals surface area contributed by atoms with E-state index in [9.17, 15) is 14.7 Å². The van der Waals surface area contributed by atoms with Crippen molar-refractivity contribution < 1.29 is 24.2 Å². The second-order valence-electron chi connectivity index (χ2n) is 10.1. The zero-order chi connectivity index (χ0) is 27.8. The van der Waals surface area contributed by atoms with E-state index in [0.717, 1.165) is 22.4 Å². The van der Waals surface area contributed by atoms with Crippen LogP contribution in [0.4, 0.5) is 0 Å². The summed E-state index contributed by atoms with van der Waals surface area (Å²) in [6.45, 7) is 3.16. The summed E-state index contributed by atoms with van der Waals surface area (Å²) < 4.78 is 13.8. The maximum absolute atomic E-state index is 13.9. The normalized spacial score (nSPS) is 16.8. The number of ether oxygens (including phenoxy) is 2. The Hall–Kier alpha value is -4.79. The number of hydrogen-bond acceptors (Lipinski definition) is 6. The van der Waals surface area contributed by atoms with Crippen molar-refractivity contribution in [3.05, 3.63) is 100 Å². The SMILES string of the molecule is Cc1cc(C(=O)N2CCc3cc4ccc3C2c2cccc(c2)OCCCNC(=O)c2cc(ccc2O)O4)n(C)n1. The molecule has 40 heavy (non-hydrogen) atoms. The van der Waals surface area contributed by atoms with Crippen LogP contribution in [0.5, 0.6) is 23.0 Å². The molecule has 0 saturated carbocycles. The highest BCUT2D eigenvalue weighted by Gasteiger charge is 2.34. The Bertz CT molecular complexity index is 1610. The molecule has 8 bridgehead atoms. The number of phenolic OH excluding ortho intramolecular Hbond substituents is 1. The molecule has 0 saturated heterocycles. The summed E-state index contributed by atoms with van der Waals surface area (Å²) in [5.74, 6) is 1.15. The second-order valence-corrected chi connectivity index (χ2v) is 10.1. The molecule has 9 nitrogen and oxygen atoms in total. The van der Waals surface area contributed by atoms with Crippen LogP contribution in [0.3, 0.4) is 0 Å². The third-order valence-electron chi connectivity index (χ3n) is 7.32. The maximum atomic E-state index is 13.9. The number of aromatic nitrogens is 2. The molecule has 2 amide bonds. The van der Waals surface area contributed by atoms with Gasteiger partial charge in [0.2, 0.25) is 0 Å². The standard InChI is InChI=1S/C31H30N4O5/c1-19-15-27(34(2)33-19)31(38)35-13-11-20-16-23-7-9-25(20)29(35)21-5-3-6-22(17-21)39-14-4-12-32-30(37)26-18-24(40-23)8-10-28(26)36/h3,5-10,15-18,29,36H,4,11-14H2,1-2H3,(H,32,37). The highest BCUT2D eigenvalue weighted by atomic mass is 16.5. The van der Waals surface area contributed by atoms with Gasteiger partial charge in [0, 0.05) is 20.1 Å². The van der Waals surface area contributed by atoms with Gasteiger partial charge >= 0.3 is 0 Å². The highest BCUT2D eigenvalue weighted by molar-refractivity contribution is 5.97. The lowest BCUT2D eigenvalue weighted by atomic mass is 9.87. The molecule has 0 radical (unpaired) electrons. The lowest BCUT2D eigenvalue weighted by Crippen LogP contribution is -2.41.